The van der Waals surface area contributed by atoms with Gasteiger partial charge in [0.1, 0.15) is 5.82 Å². The molecular formula is C18H17F3N2O2. The number of morpholine rings is 1. The van der Waals surface area contributed by atoms with Gasteiger partial charge in [0.15, 0.2) is 11.6 Å². The molecule has 1 amide bonds. The third kappa shape index (κ3) is 4.58. The molecule has 1 N–H and O–H groups in total. The van der Waals surface area contributed by atoms with Gasteiger partial charge in [-0.05, 0) is 29.8 Å². The zero-order valence-corrected chi connectivity index (χ0v) is 13.3. The maximum absolute atomic E-state index is 13.2. The van der Waals surface area contributed by atoms with Gasteiger partial charge >= 0.3 is 0 Å². The molecule has 1 aliphatic heterocycles. The summed E-state index contributed by atoms with van der Waals surface area (Å²) in [5.41, 5.74) is 1.04. The van der Waals surface area contributed by atoms with Gasteiger partial charge in [0.2, 0.25) is 5.91 Å². The summed E-state index contributed by atoms with van der Waals surface area (Å²) in [6.45, 7) is 1.60. The summed E-state index contributed by atoms with van der Waals surface area (Å²) in [5, 5.41) is 2.54. The third-order valence-corrected chi connectivity index (χ3v) is 3.96. The quantitative estimate of drug-likeness (QED) is 0.921. The van der Waals surface area contributed by atoms with E-state index in [0.29, 0.717) is 19.7 Å². The van der Waals surface area contributed by atoms with E-state index in [-0.39, 0.29) is 30.1 Å². The summed E-state index contributed by atoms with van der Waals surface area (Å²) < 4.78 is 44.8. The molecule has 0 aliphatic carbocycles. The van der Waals surface area contributed by atoms with Gasteiger partial charge in [0, 0.05) is 24.8 Å². The number of ether oxygens (including phenoxy) is 1. The van der Waals surface area contributed by atoms with Crippen molar-refractivity contribution < 1.29 is 22.7 Å². The van der Waals surface area contributed by atoms with Crippen molar-refractivity contribution in [1.29, 1.82) is 0 Å². The van der Waals surface area contributed by atoms with Crippen molar-refractivity contribution in [3.05, 3.63) is 65.5 Å². The first-order valence-corrected chi connectivity index (χ1v) is 7.85. The topological polar surface area (TPSA) is 41.6 Å². The molecule has 1 aliphatic rings. The van der Waals surface area contributed by atoms with E-state index in [1.54, 1.807) is 12.1 Å². The lowest BCUT2D eigenvalue weighted by molar-refractivity contribution is -0.119. The Bertz CT molecular complexity index is 752. The number of hydrogen-bond donors (Lipinski definition) is 1. The molecule has 0 spiro atoms. The van der Waals surface area contributed by atoms with Crippen molar-refractivity contribution in [3.8, 4) is 0 Å². The summed E-state index contributed by atoms with van der Waals surface area (Å²) in [6, 6.07) is 9.26. The molecule has 1 saturated heterocycles. The van der Waals surface area contributed by atoms with E-state index < -0.39 is 11.6 Å². The molecule has 1 heterocycles. The predicted octanol–water partition coefficient (Wildman–Crippen LogP) is 3.12. The third-order valence-electron chi connectivity index (χ3n) is 3.96. The molecular weight excluding hydrogens is 333 g/mol. The molecule has 1 fully saturated rings. The average Bonchev–Trinajstić information content (AvgIpc) is 2.59. The van der Waals surface area contributed by atoms with Gasteiger partial charge in [-0.2, -0.15) is 0 Å². The van der Waals surface area contributed by atoms with E-state index >= 15 is 0 Å². The van der Waals surface area contributed by atoms with E-state index in [4.69, 9.17) is 4.74 Å². The number of hydrogen-bond acceptors (Lipinski definition) is 3. The molecule has 0 unspecified atom stereocenters. The summed E-state index contributed by atoms with van der Waals surface area (Å²) in [7, 11) is 0. The Kier molecular flexibility index (Phi) is 5.35. The van der Waals surface area contributed by atoms with E-state index in [0.717, 1.165) is 17.7 Å². The van der Waals surface area contributed by atoms with Gasteiger partial charge in [-0.15, -0.1) is 0 Å². The highest BCUT2D eigenvalue weighted by Crippen LogP contribution is 2.22. The number of rotatable bonds is 4. The molecule has 2 aromatic rings. The Morgan fingerprint density at radius 3 is 2.60 bits per heavy atom. The normalized spacial score (nSPS) is 18.1. The maximum atomic E-state index is 13.2. The summed E-state index contributed by atoms with van der Waals surface area (Å²) in [5.74, 6) is -2.62. The van der Waals surface area contributed by atoms with Crippen LogP contribution in [0.25, 0.3) is 0 Å². The monoisotopic (exact) mass is 350 g/mol. The number of nitrogens with one attached hydrogen (secondary N) is 1. The highest BCUT2D eigenvalue weighted by molar-refractivity contribution is 5.92. The van der Waals surface area contributed by atoms with Crippen molar-refractivity contribution >= 4 is 11.6 Å². The second kappa shape index (κ2) is 7.67. The molecule has 132 valence electrons. The van der Waals surface area contributed by atoms with Gasteiger partial charge in [0.05, 0.1) is 19.3 Å². The van der Waals surface area contributed by atoms with Crippen molar-refractivity contribution in [1.82, 2.24) is 4.90 Å². The molecule has 25 heavy (non-hydrogen) atoms. The first-order chi connectivity index (χ1) is 12.0. The molecule has 2 aromatic carbocycles. The van der Waals surface area contributed by atoms with Crippen molar-refractivity contribution in [2.24, 2.45) is 0 Å². The molecule has 0 aromatic heterocycles. The van der Waals surface area contributed by atoms with Crippen LogP contribution in [-0.4, -0.2) is 37.0 Å². The number of nitrogens with zero attached hydrogens (tertiary/aromatic N) is 1. The molecule has 1 atom stereocenters. The standard InChI is InChI=1S/C18H17F3N2O2/c19-13-3-1-12(2-4-13)17-10-23(7-8-25-17)11-18(24)22-14-5-6-15(20)16(21)9-14/h1-6,9,17H,7-8,10-11H2,(H,22,24)/t17-/m0/s1. The average molecular weight is 350 g/mol. The van der Waals surface area contributed by atoms with Gasteiger partial charge in [-0.1, -0.05) is 12.1 Å². The maximum Gasteiger partial charge on any atom is 0.238 e. The smallest absolute Gasteiger partial charge is 0.238 e. The highest BCUT2D eigenvalue weighted by Gasteiger charge is 2.23. The SMILES string of the molecule is O=C(CN1CCO[C@H](c2ccc(F)cc2)C1)Nc1ccc(F)c(F)c1. The fraction of sp³-hybridized carbons (Fsp3) is 0.278. The lowest BCUT2D eigenvalue weighted by Crippen LogP contribution is -2.42. The Morgan fingerprint density at radius 1 is 1.12 bits per heavy atom. The van der Waals surface area contributed by atoms with Crippen LogP contribution in [0.3, 0.4) is 0 Å². The minimum Gasteiger partial charge on any atom is -0.371 e. The van der Waals surface area contributed by atoms with E-state index in [9.17, 15) is 18.0 Å². The molecule has 7 heteroatoms. The van der Waals surface area contributed by atoms with Gasteiger partial charge in [0.25, 0.3) is 0 Å². The molecule has 4 nitrogen and oxygen atoms in total. The van der Waals surface area contributed by atoms with Crippen LogP contribution in [0.2, 0.25) is 0 Å². The molecule has 0 radical (unpaired) electrons. The van der Waals surface area contributed by atoms with Gasteiger partial charge in [-0.25, -0.2) is 13.2 Å². The number of anilines is 1. The largest absolute Gasteiger partial charge is 0.371 e. The fourth-order valence-electron chi connectivity index (χ4n) is 2.70. The second-order valence-corrected chi connectivity index (χ2v) is 5.82. The Morgan fingerprint density at radius 2 is 1.88 bits per heavy atom. The van der Waals surface area contributed by atoms with Gasteiger partial charge < -0.3 is 10.1 Å². The second-order valence-electron chi connectivity index (χ2n) is 5.82. The van der Waals surface area contributed by atoms with Crippen LogP contribution in [-0.2, 0) is 9.53 Å². The zero-order chi connectivity index (χ0) is 17.8. The first-order valence-electron chi connectivity index (χ1n) is 7.85. The fourth-order valence-corrected chi connectivity index (χ4v) is 2.70. The van der Waals surface area contributed by atoms with E-state index in [1.807, 2.05) is 4.90 Å². The highest BCUT2D eigenvalue weighted by atomic mass is 19.2. The van der Waals surface area contributed by atoms with Crippen LogP contribution in [0.1, 0.15) is 11.7 Å². The van der Waals surface area contributed by atoms with Crippen LogP contribution >= 0.6 is 0 Å². The number of benzene rings is 2. The molecule has 3 rings (SSSR count). The number of carbonyl (C=O) groups is 1. The number of halogens is 3. The Balaban J connectivity index is 1.57. The lowest BCUT2D eigenvalue weighted by atomic mass is 10.1. The summed E-state index contributed by atoms with van der Waals surface area (Å²) >= 11 is 0. The van der Waals surface area contributed by atoms with Crippen LogP contribution in [0.5, 0.6) is 0 Å². The predicted molar refractivity (Wildman–Crippen MR) is 86.5 cm³/mol. The first kappa shape index (κ1) is 17.4. The lowest BCUT2D eigenvalue weighted by Gasteiger charge is -2.32. The van der Waals surface area contributed by atoms with Crippen molar-refractivity contribution in [2.75, 3.05) is 31.6 Å². The van der Waals surface area contributed by atoms with E-state index in [2.05, 4.69) is 5.32 Å². The minimum atomic E-state index is -1.01. The van der Waals surface area contributed by atoms with E-state index in [1.165, 1.54) is 18.2 Å². The summed E-state index contributed by atoms with van der Waals surface area (Å²) in [4.78, 5) is 14.0. The van der Waals surface area contributed by atoms with Crippen LogP contribution < -0.4 is 5.32 Å². The van der Waals surface area contributed by atoms with Crippen LogP contribution in [0, 0.1) is 17.5 Å². The number of amides is 1. The molecule has 0 saturated carbocycles. The van der Waals surface area contributed by atoms with Gasteiger partial charge in [-0.3, -0.25) is 9.69 Å². The zero-order valence-electron chi connectivity index (χ0n) is 13.3. The number of carbonyl (C=O) groups excluding carboxylic acids is 1. The summed E-state index contributed by atoms with van der Waals surface area (Å²) in [6.07, 6.45) is -0.245. The Labute approximate surface area is 143 Å². The van der Waals surface area contributed by atoms with Crippen LogP contribution in [0.4, 0.5) is 18.9 Å². The van der Waals surface area contributed by atoms with Crippen LogP contribution in [0.15, 0.2) is 42.5 Å². The minimum absolute atomic E-state index is 0.0973. The van der Waals surface area contributed by atoms with Crippen molar-refractivity contribution in [2.45, 2.75) is 6.10 Å². The molecule has 0 bridgehead atoms. The Hall–Kier alpha value is -2.38. The van der Waals surface area contributed by atoms with Crippen molar-refractivity contribution in [3.63, 3.8) is 0 Å².